The first-order valence-electron chi connectivity index (χ1n) is 6.30. The van der Waals surface area contributed by atoms with Crippen LogP contribution in [-0.4, -0.2) is 37.1 Å². The molecule has 0 spiro atoms. The smallest absolute Gasteiger partial charge is 0.0908 e. The van der Waals surface area contributed by atoms with Crippen LogP contribution in [0.3, 0.4) is 0 Å². The van der Waals surface area contributed by atoms with Crippen LogP contribution in [0.5, 0.6) is 0 Å². The molecular weight excluding hydrogens is 216 g/mol. The van der Waals surface area contributed by atoms with Crippen LogP contribution in [-0.2, 0) is 0 Å². The van der Waals surface area contributed by atoms with Gasteiger partial charge in [0.15, 0.2) is 0 Å². The lowest BCUT2D eigenvalue weighted by Crippen LogP contribution is -2.41. The monoisotopic (exact) mass is 238 g/mol. The Morgan fingerprint density at radius 2 is 1.94 bits per heavy atom. The standard InChI is InChI=1S/C13H22N2S/c1-12(2)14-7-3-4-8-15(10-9-14)13-6-5-11-16-13/h5-6,11-12H,3-4,7-10H2,1-2H3. The van der Waals surface area contributed by atoms with Crippen LogP contribution in [0.4, 0.5) is 5.00 Å². The number of nitrogens with zero attached hydrogens (tertiary/aromatic N) is 2. The molecular formula is C13H22N2S. The van der Waals surface area contributed by atoms with E-state index in [4.69, 9.17) is 0 Å². The number of anilines is 1. The molecule has 3 heteroatoms. The van der Waals surface area contributed by atoms with Crippen molar-refractivity contribution in [3.05, 3.63) is 17.5 Å². The van der Waals surface area contributed by atoms with Gasteiger partial charge in [-0.05, 0) is 50.7 Å². The first kappa shape index (κ1) is 11.9. The van der Waals surface area contributed by atoms with Gasteiger partial charge in [0.05, 0.1) is 5.00 Å². The average molecular weight is 238 g/mol. The molecule has 2 nitrogen and oxygen atoms in total. The van der Waals surface area contributed by atoms with Crippen molar-refractivity contribution in [2.24, 2.45) is 0 Å². The summed E-state index contributed by atoms with van der Waals surface area (Å²) in [6.45, 7) is 9.49. The summed E-state index contributed by atoms with van der Waals surface area (Å²) in [6, 6.07) is 5.08. The van der Waals surface area contributed by atoms with Crippen LogP contribution in [0.25, 0.3) is 0 Å². The van der Waals surface area contributed by atoms with Crippen LogP contribution in [0.15, 0.2) is 17.5 Å². The zero-order valence-electron chi connectivity index (χ0n) is 10.4. The molecule has 0 unspecified atom stereocenters. The van der Waals surface area contributed by atoms with Crippen molar-refractivity contribution in [2.45, 2.75) is 32.7 Å². The van der Waals surface area contributed by atoms with Gasteiger partial charge in [0.25, 0.3) is 0 Å². The summed E-state index contributed by atoms with van der Waals surface area (Å²) < 4.78 is 0. The third kappa shape index (κ3) is 2.98. The van der Waals surface area contributed by atoms with Gasteiger partial charge in [-0.3, -0.25) is 4.90 Å². The van der Waals surface area contributed by atoms with Gasteiger partial charge < -0.3 is 4.90 Å². The Morgan fingerprint density at radius 1 is 1.12 bits per heavy atom. The quantitative estimate of drug-likeness (QED) is 0.781. The summed E-state index contributed by atoms with van der Waals surface area (Å²) in [5.41, 5.74) is 0. The Kier molecular flexibility index (Phi) is 4.24. The third-order valence-corrected chi connectivity index (χ3v) is 4.26. The molecule has 1 aliphatic heterocycles. The van der Waals surface area contributed by atoms with Gasteiger partial charge in [-0.25, -0.2) is 0 Å². The predicted molar refractivity (Wildman–Crippen MR) is 72.5 cm³/mol. The van der Waals surface area contributed by atoms with Gasteiger partial charge in [0.1, 0.15) is 0 Å². The van der Waals surface area contributed by atoms with E-state index in [-0.39, 0.29) is 0 Å². The van der Waals surface area contributed by atoms with Gasteiger partial charge >= 0.3 is 0 Å². The van der Waals surface area contributed by atoms with E-state index in [1.165, 1.54) is 44.0 Å². The largest absolute Gasteiger partial charge is 0.362 e. The van der Waals surface area contributed by atoms with E-state index in [0.717, 1.165) is 0 Å². The molecule has 0 radical (unpaired) electrons. The third-order valence-electron chi connectivity index (χ3n) is 3.33. The lowest BCUT2D eigenvalue weighted by Gasteiger charge is -2.33. The lowest BCUT2D eigenvalue weighted by molar-refractivity contribution is 0.215. The Hall–Kier alpha value is -0.540. The zero-order valence-corrected chi connectivity index (χ0v) is 11.2. The highest BCUT2D eigenvalue weighted by Crippen LogP contribution is 2.22. The van der Waals surface area contributed by atoms with Gasteiger partial charge in [0.2, 0.25) is 0 Å². The fourth-order valence-corrected chi connectivity index (χ4v) is 3.06. The minimum atomic E-state index is 0.684. The maximum Gasteiger partial charge on any atom is 0.0908 e. The minimum absolute atomic E-state index is 0.684. The summed E-state index contributed by atoms with van der Waals surface area (Å²) in [7, 11) is 0. The van der Waals surface area contributed by atoms with Gasteiger partial charge in [-0.15, -0.1) is 11.3 Å². The fourth-order valence-electron chi connectivity index (χ4n) is 2.28. The normalized spacial score (nSPS) is 19.8. The topological polar surface area (TPSA) is 6.48 Å². The molecule has 2 heterocycles. The Bertz CT molecular complexity index is 295. The van der Waals surface area contributed by atoms with Crippen molar-refractivity contribution in [3.63, 3.8) is 0 Å². The average Bonchev–Trinajstić information content (AvgIpc) is 2.69. The van der Waals surface area contributed by atoms with Crippen LogP contribution in [0, 0.1) is 0 Å². The van der Waals surface area contributed by atoms with Crippen molar-refractivity contribution < 1.29 is 0 Å². The van der Waals surface area contributed by atoms with E-state index < -0.39 is 0 Å². The molecule has 2 rings (SSSR count). The second-order valence-corrected chi connectivity index (χ2v) is 5.70. The summed E-state index contributed by atoms with van der Waals surface area (Å²) in [5.74, 6) is 0. The maximum atomic E-state index is 2.60. The van der Waals surface area contributed by atoms with Crippen molar-refractivity contribution in [1.82, 2.24) is 4.90 Å². The molecule has 16 heavy (non-hydrogen) atoms. The SMILES string of the molecule is CC(C)N1CCCCN(c2cccs2)CC1. The van der Waals surface area contributed by atoms with Crippen LogP contribution < -0.4 is 4.90 Å². The highest BCUT2D eigenvalue weighted by atomic mass is 32.1. The van der Waals surface area contributed by atoms with Crippen LogP contribution in [0.1, 0.15) is 26.7 Å². The van der Waals surface area contributed by atoms with Gasteiger partial charge in [-0.1, -0.05) is 0 Å². The molecule has 1 fully saturated rings. The Labute approximate surface area is 103 Å². The molecule has 0 amide bonds. The number of rotatable bonds is 2. The van der Waals surface area contributed by atoms with E-state index in [1.54, 1.807) is 0 Å². The molecule has 0 aromatic carbocycles. The molecule has 1 aromatic rings. The highest BCUT2D eigenvalue weighted by molar-refractivity contribution is 7.14. The maximum absolute atomic E-state index is 2.60. The minimum Gasteiger partial charge on any atom is -0.362 e. The summed E-state index contributed by atoms with van der Waals surface area (Å²) in [6.07, 6.45) is 2.65. The van der Waals surface area contributed by atoms with Crippen molar-refractivity contribution in [1.29, 1.82) is 0 Å². The molecule has 90 valence electrons. The molecule has 0 saturated carbocycles. The molecule has 1 saturated heterocycles. The van der Waals surface area contributed by atoms with E-state index in [9.17, 15) is 0 Å². The summed E-state index contributed by atoms with van der Waals surface area (Å²) >= 11 is 1.86. The van der Waals surface area contributed by atoms with Gasteiger partial charge in [0, 0.05) is 25.7 Å². The molecule has 0 N–H and O–H groups in total. The molecule has 1 aromatic heterocycles. The van der Waals surface area contributed by atoms with Crippen molar-refractivity contribution in [2.75, 3.05) is 31.1 Å². The second kappa shape index (κ2) is 5.69. The van der Waals surface area contributed by atoms with Crippen molar-refractivity contribution in [3.8, 4) is 0 Å². The molecule has 0 atom stereocenters. The predicted octanol–water partition coefficient (Wildman–Crippen LogP) is 3.06. The number of hydrogen-bond acceptors (Lipinski definition) is 3. The van der Waals surface area contributed by atoms with Crippen LogP contribution in [0.2, 0.25) is 0 Å². The lowest BCUT2D eigenvalue weighted by atomic mass is 10.2. The zero-order chi connectivity index (χ0) is 11.4. The van der Waals surface area contributed by atoms with Gasteiger partial charge in [-0.2, -0.15) is 0 Å². The number of hydrogen-bond donors (Lipinski definition) is 0. The number of thiophene rings is 1. The van der Waals surface area contributed by atoms with E-state index >= 15 is 0 Å². The summed E-state index contributed by atoms with van der Waals surface area (Å²) in [4.78, 5) is 5.14. The first-order chi connectivity index (χ1) is 7.77. The second-order valence-electron chi connectivity index (χ2n) is 4.78. The Morgan fingerprint density at radius 3 is 2.62 bits per heavy atom. The highest BCUT2D eigenvalue weighted by Gasteiger charge is 2.15. The Balaban J connectivity index is 1.96. The first-order valence-corrected chi connectivity index (χ1v) is 7.18. The molecule has 1 aliphatic rings. The van der Waals surface area contributed by atoms with E-state index in [2.05, 4.69) is 41.2 Å². The fraction of sp³-hybridized carbons (Fsp3) is 0.692. The van der Waals surface area contributed by atoms with Crippen molar-refractivity contribution >= 4 is 16.3 Å². The van der Waals surface area contributed by atoms with E-state index in [1.807, 2.05) is 11.3 Å². The molecule has 0 aliphatic carbocycles. The molecule has 0 bridgehead atoms. The summed E-state index contributed by atoms with van der Waals surface area (Å²) in [5, 5.41) is 3.61. The van der Waals surface area contributed by atoms with E-state index in [0.29, 0.717) is 6.04 Å². The van der Waals surface area contributed by atoms with Crippen LogP contribution >= 0.6 is 11.3 Å².